The van der Waals surface area contributed by atoms with Crippen molar-refractivity contribution in [3.63, 3.8) is 0 Å². The molecule has 0 aromatic heterocycles. The summed E-state index contributed by atoms with van der Waals surface area (Å²) in [6.07, 6.45) is -0.422. The Bertz CT molecular complexity index is 445. The number of hydrogen-bond donors (Lipinski definition) is 1. The average Bonchev–Trinajstić information content (AvgIpc) is 2.39. The topological polar surface area (TPSA) is 56.5 Å². The van der Waals surface area contributed by atoms with E-state index in [1.165, 1.54) is 0 Å². The lowest BCUT2D eigenvalue weighted by Crippen LogP contribution is -2.42. The van der Waals surface area contributed by atoms with Crippen molar-refractivity contribution in [2.75, 3.05) is 24.6 Å². The van der Waals surface area contributed by atoms with Crippen LogP contribution in [0, 0.1) is 11.3 Å². The van der Waals surface area contributed by atoms with Crippen LogP contribution in [0.15, 0.2) is 18.2 Å². The van der Waals surface area contributed by atoms with Crippen LogP contribution < -0.4 is 4.90 Å². The minimum atomic E-state index is -0.422. The van der Waals surface area contributed by atoms with Crippen LogP contribution >= 0.6 is 11.6 Å². The van der Waals surface area contributed by atoms with Gasteiger partial charge in [0.15, 0.2) is 6.10 Å². The summed E-state index contributed by atoms with van der Waals surface area (Å²) in [5.41, 5.74) is 1.69. The summed E-state index contributed by atoms with van der Waals surface area (Å²) in [5.74, 6) is 0. The van der Waals surface area contributed by atoms with Crippen LogP contribution in [0.5, 0.6) is 0 Å². The zero-order chi connectivity index (χ0) is 12.3. The van der Waals surface area contributed by atoms with E-state index < -0.39 is 6.10 Å². The van der Waals surface area contributed by atoms with Gasteiger partial charge in [-0.2, -0.15) is 5.26 Å². The third kappa shape index (κ3) is 2.70. The Labute approximate surface area is 105 Å². The van der Waals surface area contributed by atoms with E-state index in [1.807, 2.05) is 11.0 Å². The number of rotatable bonds is 2. The van der Waals surface area contributed by atoms with E-state index in [1.54, 1.807) is 12.1 Å². The Hall–Kier alpha value is -1.28. The van der Waals surface area contributed by atoms with E-state index in [0.717, 1.165) is 11.3 Å². The molecule has 1 aromatic carbocycles. The van der Waals surface area contributed by atoms with Crippen molar-refractivity contribution < 1.29 is 9.84 Å². The van der Waals surface area contributed by atoms with Crippen LogP contribution in [0.2, 0.25) is 5.02 Å². The Balaban J connectivity index is 2.26. The minimum absolute atomic E-state index is 0.0406. The summed E-state index contributed by atoms with van der Waals surface area (Å²) < 4.78 is 5.28. The monoisotopic (exact) mass is 252 g/mol. The molecule has 1 N–H and O–H groups in total. The second kappa shape index (κ2) is 5.37. The molecule has 90 valence electrons. The number of halogens is 1. The van der Waals surface area contributed by atoms with Crippen LogP contribution in [-0.4, -0.2) is 30.9 Å². The lowest BCUT2D eigenvalue weighted by molar-refractivity contribution is 0.0763. The van der Waals surface area contributed by atoms with Crippen LogP contribution in [0.4, 0.5) is 5.69 Å². The number of nitriles is 1. The van der Waals surface area contributed by atoms with Gasteiger partial charge in [0.25, 0.3) is 0 Å². The minimum Gasteiger partial charge on any atom is -0.392 e. The molecule has 1 fully saturated rings. The molecule has 17 heavy (non-hydrogen) atoms. The molecule has 0 amide bonds. The largest absolute Gasteiger partial charge is 0.392 e. The normalized spacial score (nSPS) is 20.1. The average molecular weight is 253 g/mol. The van der Waals surface area contributed by atoms with Crippen molar-refractivity contribution in [2.24, 2.45) is 0 Å². The molecule has 1 saturated heterocycles. The summed E-state index contributed by atoms with van der Waals surface area (Å²) in [5, 5.41) is 18.8. The Morgan fingerprint density at radius 2 is 2.41 bits per heavy atom. The molecule has 1 unspecified atom stereocenters. The van der Waals surface area contributed by atoms with Gasteiger partial charge in [-0.05, 0) is 12.1 Å². The summed E-state index contributed by atoms with van der Waals surface area (Å²) in [4.78, 5) is 2.02. The molecule has 1 aromatic rings. The lowest BCUT2D eigenvalue weighted by Gasteiger charge is -2.32. The zero-order valence-corrected chi connectivity index (χ0v) is 10.0. The van der Waals surface area contributed by atoms with Crippen LogP contribution in [0.1, 0.15) is 5.56 Å². The van der Waals surface area contributed by atoms with E-state index in [-0.39, 0.29) is 6.61 Å². The fourth-order valence-corrected chi connectivity index (χ4v) is 2.08. The maximum Gasteiger partial charge on any atom is 0.161 e. The third-order valence-electron chi connectivity index (χ3n) is 2.77. The van der Waals surface area contributed by atoms with Gasteiger partial charge in [0.1, 0.15) is 0 Å². The molecule has 0 radical (unpaired) electrons. The molecule has 0 aliphatic carbocycles. The first kappa shape index (κ1) is 12.2. The maximum atomic E-state index is 9.30. The smallest absolute Gasteiger partial charge is 0.161 e. The predicted molar refractivity (Wildman–Crippen MR) is 64.9 cm³/mol. The van der Waals surface area contributed by atoms with Gasteiger partial charge in [-0.1, -0.05) is 17.7 Å². The molecule has 4 nitrogen and oxygen atoms in total. The van der Waals surface area contributed by atoms with Crippen molar-refractivity contribution in [3.05, 3.63) is 28.8 Å². The highest BCUT2D eigenvalue weighted by Gasteiger charge is 2.21. The van der Waals surface area contributed by atoms with Gasteiger partial charge in [-0.3, -0.25) is 0 Å². The highest BCUT2D eigenvalue weighted by Crippen LogP contribution is 2.26. The van der Waals surface area contributed by atoms with E-state index in [2.05, 4.69) is 6.07 Å². The van der Waals surface area contributed by atoms with Gasteiger partial charge in [0, 0.05) is 22.8 Å². The molecule has 1 aliphatic heterocycles. The number of nitrogens with zero attached hydrogens (tertiary/aromatic N) is 2. The van der Waals surface area contributed by atoms with Crippen LogP contribution in [0.25, 0.3) is 0 Å². The molecule has 2 rings (SSSR count). The standard InChI is InChI=1S/C12H13ClN2O2/c13-10-2-1-9(8-16)12(5-10)15-3-4-17-11(6-14)7-15/h1-2,5,11,16H,3-4,7-8H2. The third-order valence-corrected chi connectivity index (χ3v) is 3.00. The molecule has 5 heteroatoms. The van der Waals surface area contributed by atoms with Crippen molar-refractivity contribution in [3.8, 4) is 6.07 Å². The predicted octanol–water partition coefficient (Wildman–Crippen LogP) is 1.56. The fourth-order valence-electron chi connectivity index (χ4n) is 1.91. The Kier molecular flexibility index (Phi) is 3.85. The zero-order valence-electron chi connectivity index (χ0n) is 9.27. The lowest BCUT2D eigenvalue weighted by atomic mass is 10.1. The van der Waals surface area contributed by atoms with E-state index >= 15 is 0 Å². The highest BCUT2D eigenvalue weighted by molar-refractivity contribution is 6.30. The van der Waals surface area contributed by atoms with E-state index in [0.29, 0.717) is 24.7 Å². The number of aliphatic hydroxyl groups excluding tert-OH is 1. The summed E-state index contributed by atoms with van der Waals surface area (Å²) >= 11 is 5.96. The number of hydrogen-bond acceptors (Lipinski definition) is 4. The molecule has 1 aliphatic rings. The fraction of sp³-hybridized carbons (Fsp3) is 0.417. The van der Waals surface area contributed by atoms with Crippen LogP contribution in [-0.2, 0) is 11.3 Å². The van der Waals surface area contributed by atoms with Crippen molar-refractivity contribution in [1.29, 1.82) is 5.26 Å². The first-order valence-corrected chi connectivity index (χ1v) is 5.78. The van der Waals surface area contributed by atoms with Crippen molar-refractivity contribution in [1.82, 2.24) is 0 Å². The summed E-state index contributed by atoms with van der Waals surface area (Å²) in [7, 11) is 0. The van der Waals surface area contributed by atoms with Gasteiger partial charge in [-0.25, -0.2) is 0 Å². The quantitative estimate of drug-likeness (QED) is 0.868. The number of benzene rings is 1. The molecule has 0 spiro atoms. The van der Waals surface area contributed by atoms with Crippen molar-refractivity contribution in [2.45, 2.75) is 12.7 Å². The number of morpholine rings is 1. The SMILES string of the molecule is N#CC1CN(c2cc(Cl)ccc2CO)CCO1. The van der Waals surface area contributed by atoms with E-state index in [4.69, 9.17) is 21.6 Å². The second-order valence-electron chi connectivity index (χ2n) is 3.87. The maximum absolute atomic E-state index is 9.30. The van der Waals surface area contributed by atoms with Gasteiger partial charge < -0.3 is 14.7 Å². The van der Waals surface area contributed by atoms with E-state index in [9.17, 15) is 5.11 Å². The molecule has 0 saturated carbocycles. The highest BCUT2D eigenvalue weighted by atomic mass is 35.5. The number of ether oxygens (including phenoxy) is 1. The Morgan fingerprint density at radius 3 is 3.12 bits per heavy atom. The summed E-state index contributed by atoms with van der Waals surface area (Å²) in [6, 6.07) is 7.46. The molecule has 1 heterocycles. The second-order valence-corrected chi connectivity index (χ2v) is 4.30. The van der Waals surface area contributed by atoms with Gasteiger partial charge >= 0.3 is 0 Å². The number of anilines is 1. The first-order chi connectivity index (χ1) is 8.24. The molecule has 0 bridgehead atoms. The molecular weight excluding hydrogens is 240 g/mol. The van der Waals surface area contributed by atoms with Crippen LogP contribution in [0.3, 0.4) is 0 Å². The van der Waals surface area contributed by atoms with Crippen molar-refractivity contribution >= 4 is 17.3 Å². The number of aliphatic hydroxyl groups is 1. The molecule has 1 atom stereocenters. The van der Waals surface area contributed by atoms with Gasteiger partial charge in [0.2, 0.25) is 0 Å². The first-order valence-electron chi connectivity index (χ1n) is 5.40. The van der Waals surface area contributed by atoms with Gasteiger partial charge in [0.05, 0.1) is 25.8 Å². The Morgan fingerprint density at radius 1 is 1.59 bits per heavy atom. The summed E-state index contributed by atoms with van der Waals surface area (Å²) in [6.45, 7) is 1.67. The van der Waals surface area contributed by atoms with Gasteiger partial charge in [-0.15, -0.1) is 0 Å². The molecular formula is C12H13ClN2O2.